The van der Waals surface area contributed by atoms with Gasteiger partial charge in [-0.1, -0.05) is 47.1 Å². The van der Waals surface area contributed by atoms with E-state index in [2.05, 4.69) is 20.2 Å². The Morgan fingerprint density at radius 2 is 1.96 bits per heavy atom. The predicted octanol–water partition coefficient (Wildman–Crippen LogP) is 4.52. The van der Waals surface area contributed by atoms with E-state index in [1.54, 1.807) is 12.1 Å². The molecule has 28 heavy (non-hydrogen) atoms. The van der Waals surface area contributed by atoms with Crippen molar-refractivity contribution in [1.29, 1.82) is 0 Å². The molecule has 0 atom stereocenters. The Labute approximate surface area is 164 Å². The zero-order chi connectivity index (χ0) is 19.9. The second kappa shape index (κ2) is 9.32. The standard InChI is InChI=1S/C19H17F2N3O3S/c1-12-6-8-13(9-7-12)18-23-17(27-24-18)11-28-10-16(25)22-14-4-2-3-5-15(14)26-19(20)21/h2-9,19H,10-11H2,1H3,(H,22,25). The monoisotopic (exact) mass is 405 g/mol. The van der Waals surface area contributed by atoms with Crippen LogP contribution in [0.1, 0.15) is 11.5 Å². The third-order valence-electron chi connectivity index (χ3n) is 3.61. The first kappa shape index (κ1) is 19.8. The summed E-state index contributed by atoms with van der Waals surface area (Å²) in [5, 5.41) is 6.49. The maximum atomic E-state index is 12.4. The molecule has 0 bridgehead atoms. The van der Waals surface area contributed by atoms with Crippen LogP contribution in [0, 0.1) is 6.92 Å². The van der Waals surface area contributed by atoms with E-state index >= 15 is 0 Å². The number of carbonyl (C=O) groups is 1. The van der Waals surface area contributed by atoms with E-state index in [9.17, 15) is 13.6 Å². The topological polar surface area (TPSA) is 77.2 Å². The summed E-state index contributed by atoms with van der Waals surface area (Å²) in [7, 11) is 0. The van der Waals surface area contributed by atoms with Crippen LogP contribution in [0.25, 0.3) is 11.4 Å². The molecule has 1 aromatic heterocycles. The Kier molecular flexibility index (Phi) is 6.59. The molecule has 2 aromatic carbocycles. The number of amides is 1. The Hall–Kier alpha value is -2.94. The number of ether oxygens (including phenoxy) is 1. The van der Waals surface area contributed by atoms with Gasteiger partial charge in [0, 0.05) is 5.56 Å². The van der Waals surface area contributed by atoms with Crippen LogP contribution in [0.3, 0.4) is 0 Å². The summed E-state index contributed by atoms with van der Waals surface area (Å²) in [5.41, 5.74) is 2.17. The van der Waals surface area contributed by atoms with Gasteiger partial charge in [0.2, 0.25) is 17.6 Å². The third-order valence-corrected chi connectivity index (χ3v) is 4.53. The average molecular weight is 405 g/mol. The van der Waals surface area contributed by atoms with Crippen LogP contribution in [0.5, 0.6) is 5.75 Å². The minimum Gasteiger partial charge on any atom is -0.433 e. The smallest absolute Gasteiger partial charge is 0.387 e. The number of hydrogen-bond donors (Lipinski definition) is 1. The van der Waals surface area contributed by atoms with Gasteiger partial charge < -0.3 is 14.6 Å². The number of aryl methyl sites for hydroxylation is 1. The van der Waals surface area contributed by atoms with Gasteiger partial charge in [0.25, 0.3) is 0 Å². The average Bonchev–Trinajstić information content (AvgIpc) is 3.12. The van der Waals surface area contributed by atoms with Crippen molar-refractivity contribution in [3.05, 3.63) is 60.0 Å². The van der Waals surface area contributed by atoms with Gasteiger partial charge in [0.1, 0.15) is 5.75 Å². The summed E-state index contributed by atoms with van der Waals surface area (Å²) in [6.45, 7) is -0.974. The molecule has 0 spiro atoms. The van der Waals surface area contributed by atoms with Crippen molar-refractivity contribution in [3.63, 3.8) is 0 Å². The maximum Gasteiger partial charge on any atom is 0.387 e. The lowest BCUT2D eigenvalue weighted by atomic mass is 10.1. The summed E-state index contributed by atoms with van der Waals surface area (Å²) >= 11 is 1.27. The van der Waals surface area contributed by atoms with Crippen LogP contribution >= 0.6 is 11.8 Å². The highest BCUT2D eigenvalue weighted by molar-refractivity contribution is 7.99. The molecule has 0 aliphatic heterocycles. The largest absolute Gasteiger partial charge is 0.433 e. The molecule has 0 unspecified atom stereocenters. The second-order valence-electron chi connectivity index (χ2n) is 5.79. The van der Waals surface area contributed by atoms with Crippen molar-refractivity contribution < 1.29 is 22.8 Å². The van der Waals surface area contributed by atoms with Crippen LogP contribution in [0.2, 0.25) is 0 Å². The number of nitrogens with one attached hydrogen (secondary N) is 1. The minimum atomic E-state index is -2.97. The summed E-state index contributed by atoms with van der Waals surface area (Å²) in [4.78, 5) is 16.4. The number of carbonyl (C=O) groups excluding carboxylic acids is 1. The van der Waals surface area contributed by atoms with Gasteiger partial charge in [0.15, 0.2) is 0 Å². The number of alkyl halides is 2. The van der Waals surface area contributed by atoms with Gasteiger partial charge in [-0.05, 0) is 19.1 Å². The van der Waals surface area contributed by atoms with Crippen molar-refractivity contribution in [3.8, 4) is 17.1 Å². The van der Waals surface area contributed by atoms with Crippen molar-refractivity contribution in [2.45, 2.75) is 19.3 Å². The Balaban J connectivity index is 1.50. The molecular weight excluding hydrogens is 388 g/mol. The molecule has 9 heteroatoms. The second-order valence-corrected chi connectivity index (χ2v) is 6.78. The van der Waals surface area contributed by atoms with Crippen molar-refractivity contribution in [2.75, 3.05) is 11.1 Å². The van der Waals surface area contributed by atoms with E-state index in [0.29, 0.717) is 17.5 Å². The van der Waals surface area contributed by atoms with Gasteiger partial charge >= 0.3 is 6.61 Å². The molecule has 0 fully saturated rings. The fourth-order valence-corrected chi connectivity index (χ4v) is 2.97. The fraction of sp³-hybridized carbons (Fsp3) is 0.211. The van der Waals surface area contributed by atoms with Crippen molar-refractivity contribution in [1.82, 2.24) is 10.1 Å². The SMILES string of the molecule is Cc1ccc(-c2noc(CSCC(=O)Nc3ccccc3OC(F)F)n2)cc1. The van der Waals surface area contributed by atoms with Crippen LogP contribution in [-0.2, 0) is 10.5 Å². The molecular formula is C19H17F2N3O3S. The molecule has 0 saturated heterocycles. The molecule has 1 amide bonds. The Morgan fingerprint density at radius 1 is 1.21 bits per heavy atom. The number of halogens is 2. The van der Waals surface area contributed by atoms with Crippen LogP contribution in [-0.4, -0.2) is 28.4 Å². The Morgan fingerprint density at radius 3 is 2.71 bits per heavy atom. The molecule has 146 valence electrons. The summed E-state index contributed by atoms with van der Waals surface area (Å²) in [6.07, 6.45) is 0. The first-order valence-electron chi connectivity index (χ1n) is 8.32. The molecule has 3 rings (SSSR count). The summed E-state index contributed by atoms with van der Waals surface area (Å²) in [6, 6.07) is 13.7. The molecule has 0 aliphatic rings. The van der Waals surface area contributed by atoms with Crippen molar-refractivity contribution in [2.24, 2.45) is 0 Å². The number of para-hydroxylation sites is 2. The van der Waals surface area contributed by atoms with E-state index in [-0.39, 0.29) is 23.1 Å². The highest BCUT2D eigenvalue weighted by Gasteiger charge is 2.13. The lowest BCUT2D eigenvalue weighted by Gasteiger charge is -2.11. The van der Waals surface area contributed by atoms with E-state index in [1.165, 1.54) is 23.9 Å². The molecule has 1 heterocycles. The van der Waals surface area contributed by atoms with Gasteiger partial charge in [-0.15, -0.1) is 11.8 Å². The number of aromatic nitrogens is 2. The quantitative estimate of drug-likeness (QED) is 0.594. The highest BCUT2D eigenvalue weighted by Crippen LogP contribution is 2.26. The summed E-state index contributed by atoms with van der Waals surface area (Å²) in [5.74, 6) is 0.879. The van der Waals surface area contributed by atoms with Gasteiger partial charge in [0.05, 0.1) is 17.2 Å². The number of benzene rings is 2. The lowest BCUT2D eigenvalue weighted by Crippen LogP contribution is -2.15. The molecule has 0 radical (unpaired) electrons. The van der Waals surface area contributed by atoms with Gasteiger partial charge in [-0.2, -0.15) is 13.8 Å². The van der Waals surface area contributed by atoms with E-state index in [0.717, 1.165) is 11.1 Å². The number of rotatable bonds is 8. The first-order valence-corrected chi connectivity index (χ1v) is 9.48. The number of hydrogen-bond acceptors (Lipinski definition) is 6. The van der Waals surface area contributed by atoms with E-state index in [4.69, 9.17) is 4.52 Å². The molecule has 6 nitrogen and oxygen atoms in total. The lowest BCUT2D eigenvalue weighted by molar-refractivity contribution is -0.113. The maximum absolute atomic E-state index is 12.4. The number of nitrogens with zero attached hydrogens (tertiary/aromatic N) is 2. The zero-order valence-corrected chi connectivity index (χ0v) is 15.7. The van der Waals surface area contributed by atoms with E-state index < -0.39 is 6.61 Å². The highest BCUT2D eigenvalue weighted by atomic mass is 32.2. The molecule has 1 N–H and O–H groups in total. The first-order chi connectivity index (χ1) is 13.5. The van der Waals surface area contributed by atoms with Gasteiger partial charge in [-0.25, -0.2) is 0 Å². The molecule has 0 saturated carbocycles. The summed E-state index contributed by atoms with van der Waals surface area (Å²) < 4.78 is 34.4. The van der Waals surface area contributed by atoms with Crippen LogP contribution < -0.4 is 10.1 Å². The number of thioether (sulfide) groups is 1. The zero-order valence-electron chi connectivity index (χ0n) is 14.9. The minimum absolute atomic E-state index is 0.0875. The normalized spacial score (nSPS) is 10.9. The van der Waals surface area contributed by atoms with Gasteiger partial charge in [-0.3, -0.25) is 4.79 Å². The fourth-order valence-electron chi connectivity index (χ4n) is 2.32. The Bertz CT molecular complexity index is 932. The molecule has 0 aliphatic carbocycles. The number of anilines is 1. The predicted molar refractivity (Wildman–Crippen MR) is 102 cm³/mol. The van der Waals surface area contributed by atoms with Crippen LogP contribution in [0.4, 0.5) is 14.5 Å². The van der Waals surface area contributed by atoms with Crippen LogP contribution in [0.15, 0.2) is 53.1 Å². The molecule has 3 aromatic rings. The van der Waals surface area contributed by atoms with Crippen molar-refractivity contribution >= 4 is 23.4 Å². The third kappa shape index (κ3) is 5.53. The van der Waals surface area contributed by atoms with E-state index in [1.807, 2.05) is 31.2 Å².